The van der Waals surface area contributed by atoms with Gasteiger partial charge in [0, 0.05) is 35.6 Å². The minimum absolute atomic E-state index is 0.0839. The number of piperidine rings is 1. The summed E-state index contributed by atoms with van der Waals surface area (Å²) in [6, 6.07) is 7.51. The molecule has 1 fully saturated rings. The van der Waals surface area contributed by atoms with Crippen molar-refractivity contribution < 1.29 is 19.1 Å². The van der Waals surface area contributed by atoms with E-state index >= 15 is 0 Å². The number of nitrogens with zero attached hydrogens (tertiary/aromatic N) is 2. The number of aromatic nitrogens is 1. The molecule has 0 saturated carbocycles. The Labute approximate surface area is 176 Å². The third kappa shape index (κ3) is 4.99. The number of fused-ring (bicyclic) bond motifs is 1. The van der Waals surface area contributed by atoms with E-state index < -0.39 is 17.6 Å². The van der Waals surface area contributed by atoms with Gasteiger partial charge in [0.05, 0.1) is 18.0 Å². The van der Waals surface area contributed by atoms with Crippen LogP contribution in [0.5, 0.6) is 0 Å². The predicted molar refractivity (Wildman–Crippen MR) is 112 cm³/mol. The van der Waals surface area contributed by atoms with Crippen LogP contribution in [0.2, 0.25) is 5.02 Å². The topological polar surface area (TPSA) is 68.7 Å². The second-order valence-electron chi connectivity index (χ2n) is 8.24. The molecule has 1 saturated heterocycles. The molecule has 6 nitrogen and oxygen atoms in total. The number of carbonyl (C=O) groups is 2. The molecule has 7 heteroatoms. The second kappa shape index (κ2) is 8.57. The largest absolute Gasteiger partial charge is 0.466 e. The summed E-state index contributed by atoms with van der Waals surface area (Å²) < 4.78 is 10.8. The third-order valence-corrected chi connectivity index (χ3v) is 5.23. The van der Waals surface area contributed by atoms with Crippen molar-refractivity contribution in [1.82, 2.24) is 9.88 Å². The molecule has 0 radical (unpaired) electrons. The van der Waals surface area contributed by atoms with Crippen LogP contribution >= 0.6 is 11.6 Å². The Morgan fingerprint density at radius 2 is 2.03 bits per heavy atom. The predicted octanol–water partition coefficient (Wildman–Crippen LogP) is 4.79. The molecule has 2 heterocycles. The molecule has 2 atom stereocenters. The summed E-state index contributed by atoms with van der Waals surface area (Å²) in [4.78, 5) is 31.4. The fourth-order valence-corrected chi connectivity index (χ4v) is 3.94. The van der Waals surface area contributed by atoms with Gasteiger partial charge in [-0.2, -0.15) is 0 Å². The van der Waals surface area contributed by atoms with Crippen LogP contribution < -0.4 is 0 Å². The third-order valence-electron chi connectivity index (χ3n) is 4.99. The highest BCUT2D eigenvalue weighted by Crippen LogP contribution is 2.38. The fourth-order valence-electron chi connectivity index (χ4n) is 3.77. The van der Waals surface area contributed by atoms with E-state index in [2.05, 4.69) is 4.98 Å². The van der Waals surface area contributed by atoms with Gasteiger partial charge in [0.15, 0.2) is 0 Å². The molecule has 0 spiro atoms. The first-order valence-corrected chi connectivity index (χ1v) is 10.3. The van der Waals surface area contributed by atoms with Gasteiger partial charge < -0.3 is 14.4 Å². The van der Waals surface area contributed by atoms with E-state index in [-0.39, 0.29) is 18.4 Å². The van der Waals surface area contributed by atoms with Crippen LogP contribution in [-0.2, 0) is 14.3 Å². The quantitative estimate of drug-likeness (QED) is 0.670. The number of rotatable bonds is 3. The van der Waals surface area contributed by atoms with E-state index in [0.717, 1.165) is 16.5 Å². The number of benzene rings is 1. The van der Waals surface area contributed by atoms with Gasteiger partial charge in [-0.1, -0.05) is 17.7 Å². The molecule has 2 aromatic rings. The highest BCUT2D eigenvalue weighted by Gasteiger charge is 2.39. The molecular weight excluding hydrogens is 392 g/mol. The van der Waals surface area contributed by atoms with Crippen molar-refractivity contribution in [3.8, 4) is 0 Å². The van der Waals surface area contributed by atoms with Crippen molar-refractivity contribution in [2.45, 2.75) is 45.6 Å². The van der Waals surface area contributed by atoms with Gasteiger partial charge in [-0.25, -0.2) is 4.79 Å². The van der Waals surface area contributed by atoms with E-state index in [1.807, 2.05) is 45.0 Å². The first kappa shape index (κ1) is 21.4. The molecule has 0 unspecified atom stereocenters. The van der Waals surface area contributed by atoms with Crippen molar-refractivity contribution in [3.63, 3.8) is 0 Å². The summed E-state index contributed by atoms with van der Waals surface area (Å²) in [5, 5.41) is 1.57. The summed E-state index contributed by atoms with van der Waals surface area (Å²) in [7, 11) is 0. The summed E-state index contributed by atoms with van der Waals surface area (Å²) >= 11 is 6.11. The molecule has 0 bridgehead atoms. The van der Waals surface area contributed by atoms with Crippen LogP contribution in [0.15, 0.2) is 30.5 Å². The van der Waals surface area contributed by atoms with Gasteiger partial charge in [0.25, 0.3) is 0 Å². The highest BCUT2D eigenvalue weighted by atomic mass is 35.5. The van der Waals surface area contributed by atoms with Crippen LogP contribution in [-0.4, -0.2) is 47.2 Å². The number of hydrogen-bond donors (Lipinski definition) is 0. The molecule has 0 N–H and O–H groups in total. The summed E-state index contributed by atoms with van der Waals surface area (Å²) in [6.45, 7) is 8.33. The molecule has 29 heavy (non-hydrogen) atoms. The standard InChI is InChI=1S/C22H27ClN2O4/c1-5-28-20(26)18-13-25(21(27)29-22(2,3)4)11-9-16(18)15-8-10-24-19-12-14(23)6-7-17(15)19/h6-8,10,12,16,18H,5,9,11,13H2,1-4H3/t16-,18+/m0/s1. The van der Waals surface area contributed by atoms with Crippen LogP contribution in [0.3, 0.4) is 0 Å². The number of esters is 1. The SMILES string of the molecule is CCOC(=O)[C@@H]1CN(C(=O)OC(C)(C)C)CC[C@H]1c1ccnc2cc(Cl)ccc12. The van der Waals surface area contributed by atoms with Crippen LogP contribution in [0.4, 0.5) is 4.79 Å². The van der Waals surface area contributed by atoms with Crippen molar-refractivity contribution in [3.05, 3.63) is 41.0 Å². The van der Waals surface area contributed by atoms with Crippen LogP contribution in [0, 0.1) is 5.92 Å². The molecule has 0 aliphatic carbocycles. The monoisotopic (exact) mass is 418 g/mol. The number of halogens is 1. The number of amides is 1. The second-order valence-corrected chi connectivity index (χ2v) is 8.68. The summed E-state index contributed by atoms with van der Waals surface area (Å²) in [6.07, 6.45) is 1.96. The van der Waals surface area contributed by atoms with Crippen molar-refractivity contribution in [1.29, 1.82) is 0 Å². The average molecular weight is 419 g/mol. The van der Waals surface area contributed by atoms with E-state index in [9.17, 15) is 9.59 Å². The zero-order valence-electron chi connectivity index (χ0n) is 17.3. The van der Waals surface area contributed by atoms with Crippen LogP contribution in [0.1, 0.15) is 45.6 Å². The zero-order valence-corrected chi connectivity index (χ0v) is 18.0. The smallest absolute Gasteiger partial charge is 0.410 e. The Bertz CT molecular complexity index is 909. The first-order valence-electron chi connectivity index (χ1n) is 9.88. The molecule has 1 aliphatic rings. The highest BCUT2D eigenvalue weighted by molar-refractivity contribution is 6.31. The molecule has 156 valence electrons. The van der Waals surface area contributed by atoms with Crippen molar-refractivity contribution in [2.24, 2.45) is 5.92 Å². The minimum atomic E-state index is -0.589. The Kier molecular flexibility index (Phi) is 6.32. The first-order chi connectivity index (χ1) is 13.7. The lowest BCUT2D eigenvalue weighted by Crippen LogP contribution is -2.47. The number of carbonyl (C=O) groups excluding carboxylic acids is 2. The van der Waals surface area contributed by atoms with Crippen molar-refractivity contribution in [2.75, 3.05) is 19.7 Å². The maximum Gasteiger partial charge on any atom is 0.410 e. The normalized spacial score (nSPS) is 19.8. The van der Waals surface area contributed by atoms with E-state index in [1.165, 1.54) is 0 Å². The lowest BCUT2D eigenvalue weighted by molar-refractivity contribution is -0.150. The molecular formula is C22H27ClN2O4. The van der Waals surface area contributed by atoms with Gasteiger partial charge in [0.1, 0.15) is 5.60 Å². The van der Waals surface area contributed by atoms with E-state index in [1.54, 1.807) is 18.0 Å². The Morgan fingerprint density at radius 3 is 2.72 bits per heavy atom. The lowest BCUT2D eigenvalue weighted by atomic mass is 9.79. The minimum Gasteiger partial charge on any atom is -0.466 e. The van der Waals surface area contributed by atoms with Crippen LogP contribution in [0.25, 0.3) is 10.9 Å². The lowest BCUT2D eigenvalue weighted by Gasteiger charge is -2.38. The maximum atomic E-state index is 12.8. The van der Waals surface area contributed by atoms with Crippen molar-refractivity contribution >= 4 is 34.6 Å². The number of hydrogen-bond acceptors (Lipinski definition) is 5. The average Bonchev–Trinajstić information content (AvgIpc) is 2.65. The molecule has 3 rings (SSSR count). The number of ether oxygens (including phenoxy) is 2. The zero-order chi connectivity index (χ0) is 21.2. The molecule has 1 aromatic carbocycles. The van der Waals surface area contributed by atoms with E-state index in [4.69, 9.17) is 21.1 Å². The summed E-state index contributed by atoms with van der Waals surface area (Å²) in [5.41, 5.74) is 1.22. The molecule has 1 aliphatic heterocycles. The maximum absolute atomic E-state index is 12.8. The molecule has 1 aromatic heterocycles. The van der Waals surface area contributed by atoms with Gasteiger partial charge in [-0.05, 0) is 57.9 Å². The molecule has 1 amide bonds. The van der Waals surface area contributed by atoms with Gasteiger partial charge in [-0.15, -0.1) is 0 Å². The number of pyridine rings is 1. The summed E-state index contributed by atoms with van der Waals surface area (Å²) in [5.74, 6) is -0.860. The van der Waals surface area contributed by atoms with Gasteiger partial charge in [0.2, 0.25) is 0 Å². The Hall–Kier alpha value is -2.34. The fraction of sp³-hybridized carbons (Fsp3) is 0.500. The van der Waals surface area contributed by atoms with E-state index in [0.29, 0.717) is 24.6 Å². The Morgan fingerprint density at radius 1 is 1.28 bits per heavy atom. The Balaban J connectivity index is 1.93. The van der Waals surface area contributed by atoms with Gasteiger partial charge in [-0.3, -0.25) is 9.78 Å². The van der Waals surface area contributed by atoms with Gasteiger partial charge >= 0.3 is 12.1 Å². The number of likely N-dealkylation sites (tertiary alicyclic amines) is 1.